The highest BCUT2D eigenvalue weighted by molar-refractivity contribution is 5.36. The Morgan fingerprint density at radius 2 is 1.55 bits per heavy atom. The first kappa shape index (κ1) is 14.7. The van der Waals surface area contributed by atoms with Gasteiger partial charge in [0, 0.05) is 12.0 Å². The minimum absolute atomic E-state index is 0.0137. The topological polar surface area (TPSA) is 20.2 Å². The Balaban J connectivity index is 2.43. The van der Waals surface area contributed by atoms with E-state index in [9.17, 15) is 13.9 Å². The van der Waals surface area contributed by atoms with Crippen LogP contribution in [-0.4, -0.2) is 5.11 Å². The molecule has 0 aliphatic rings. The van der Waals surface area contributed by atoms with Crippen LogP contribution >= 0.6 is 0 Å². The molecule has 0 radical (unpaired) electrons. The lowest BCUT2D eigenvalue weighted by molar-refractivity contribution is 0.0527. The summed E-state index contributed by atoms with van der Waals surface area (Å²) < 4.78 is 27.2. The number of rotatable bonds is 3. The van der Waals surface area contributed by atoms with Crippen LogP contribution in [0.4, 0.5) is 8.78 Å². The van der Waals surface area contributed by atoms with E-state index < -0.39 is 17.2 Å². The Morgan fingerprint density at radius 3 is 2.15 bits per heavy atom. The normalized spacial score (nSPS) is 14.1. The first-order valence-corrected chi connectivity index (χ1v) is 6.55. The van der Waals surface area contributed by atoms with Crippen LogP contribution in [0.25, 0.3) is 0 Å². The molecule has 0 aromatic heterocycles. The van der Waals surface area contributed by atoms with Gasteiger partial charge >= 0.3 is 0 Å². The molecule has 0 saturated heterocycles. The third kappa shape index (κ3) is 2.73. The number of halogens is 2. The van der Waals surface area contributed by atoms with E-state index in [0.717, 1.165) is 22.8 Å². The fourth-order valence-corrected chi connectivity index (χ4v) is 2.49. The van der Waals surface area contributed by atoms with E-state index in [-0.39, 0.29) is 12.0 Å². The average Bonchev–Trinajstić information content (AvgIpc) is 2.37. The zero-order chi connectivity index (χ0) is 14.9. The summed E-state index contributed by atoms with van der Waals surface area (Å²) in [6.07, 6.45) is 0.242. The highest BCUT2D eigenvalue weighted by atomic mass is 19.2. The Hall–Kier alpha value is -1.74. The minimum Gasteiger partial charge on any atom is -0.385 e. The highest BCUT2D eigenvalue weighted by Gasteiger charge is 2.29. The molecule has 0 bridgehead atoms. The zero-order valence-electron chi connectivity index (χ0n) is 11.9. The summed E-state index contributed by atoms with van der Waals surface area (Å²) in [7, 11) is 0. The van der Waals surface area contributed by atoms with Gasteiger partial charge in [-0.15, -0.1) is 0 Å². The fraction of sp³-hybridized carbons (Fsp3) is 0.294. The van der Waals surface area contributed by atoms with E-state index >= 15 is 0 Å². The molecule has 2 aromatic rings. The van der Waals surface area contributed by atoms with Crippen molar-refractivity contribution in [1.82, 2.24) is 0 Å². The summed E-state index contributed by atoms with van der Waals surface area (Å²) in [6.45, 7) is 5.40. The maximum atomic E-state index is 13.9. The van der Waals surface area contributed by atoms with E-state index in [2.05, 4.69) is 0 Å². The third-order valence-corrected chi connectivity index (χ3v) is 3.70. The summed E-state index contributed by atoms with van der Waals surface area (Å²) in [5, 5.41) is 10.6. The number of hydrogen-bond donors (Lipinski definition) is 1. The van der Waals surface area contributed by atoms with Crippen molar-refractivity contribution in [2.75, 3.05) is 0 Å². The van der Waals surface area contributed by atoms with Crippen LogP contribution < -0.4 is 0 Å². The van der Waals surface area contributed by atoms with Crippen LogP contribution in [0.3, 0.4) is 0 Å². The van der Waals surface area contributed by atoms with E-state index in [0.29, 0.717) is 0 Å². The van der Waals surface area contributed by atoms with Gasteiger partial charge in [-0.3, -0.25) is 0 Å². The summed E-state index contributed by atoms with van der Waals surface area (Å²) in [6, 6.07) is 9.71. The molecule has 0 aliphatic heterocycles. The summed E-state index contributed by atoms with van der Waals surface area (Å²) in [4.78, 5) is 0. The Bertz CT molecular complexity index is 613. The molecular formula is C17H18F2O. The van der Waals surface area contributed by atoms with Gasteiger partial charge in [-0.1, -0.05) is 30.3 Å². The van der Waals surface area contributed by atoms with Crippen molar-refractivity contribution in [3.8, 4) is 0 Å². The quantitative estimate of drug-likeness (QED) is 0.897. The smallest absolute Gasteiger partial charge is 0.164 e. The second-order valence-electron chi connectivity index (χ2n) is 5.42. The lowest BCUT2D eigenvalue weighted by Gasteiger charge is -2.26. The molecule has 0 amide bonds. The molecule has 0 spiro atoms. The lowest BCUT2D eigenvalue weighted by Crippen LogP contribution is -2.27. The van der Waals surface area contributed by atoms with E-state index in [4.69, 9.17) is 0 Å². The first-order valence-electron chi connectivity index (χ1n) is 6.55. The van der Waals surface area contributed by atoms with E-state index in [1.165, 1.54) is 19.1 Å². The molecule has 0 fully saturated rings. The van der Waals surface area contributed by atoms with Crippen molar-refractivity contribution in [3.63, 3.8) is 0 Å². The SMILES string of the molecule is Cc1cccc(C)c1CC(C)(O)c1cccc(F)c1F. The van der Waals surface area contributed by atoms with Crippen molar-refractivity contribution in [2.24, 2.45) is 0 Å². The van der Waals surface area contributed by atoms with Crippen molar-refractivity contribution in [1.29, 1.82) is 0 Å². The van der Waals surface area contributed by atoms with E-state index in [1.807, 2.05) is 32.0 Å². The Kier molecular flexibility index (Phi) is 3.91. The Labute approximate surface area is 117 Å². The van der Waals surface area contributed by atoms with Crippen LogP contribution in [0.5, 0.6) is 0 Å². The molecule has 1 nitrogen and oxygen atoms in total. The molecule has 1 atom stereocenters. The molecule has 2 aromatic carbocycles. The number of benzene rings is 2. The predicted octanol–water partition coefficient (Wildman–Crippen LogP) is 4.03. The lowest BCUT2D eigenvalue weighted by atomic mass is 9.85. The zero-order valence-corrected chi connectivity index (χ0v) is 11.9. The highest BCUT2D eigenvalue weighted by Crippen LogP contribution is 2.30. The molecule has 1 unspecified atom stereocenters. The Morgan fingerprint density at radius 1 is 1.00 bits per heavy atom. The predicted molar refractivity (Wildman–Crippen MR) is 75.5 cm³/mol. The van der Waals surface area contributed by atoms with Crippen molar-refractivity contribution in [3.05, 3.63) is 70.3 Å². The number of aliphatic hydroxyl groups is 1. The number of hydrogen-bond acceptors (Lipinski definition) is 1. The van der Waals surface area contributed by atoms with Gasteiger partial charge in [0.25, 0.3) is 0 Å². The van der Waals surface area contributed by atoms with Crippen molar-refractivity contribution in [2.45, 2.75) is 32.8 Å². The van der Waals surface area contributed by atoms with E-state index in [1.54, 1.807) is 0 Å². The maximum Gasteiger partial charge on any atom is 0.164 e. The fourth-order valence-electron chi connectivity index (χ4n) is 2.49. The van der Waals surface area contributed by atoms with Crippen LogP contribution in [0.2, 0.25) is 0 Å². The van der Waals surface area contributed by atoms with Crippen LogP contribution in [0, 0.1) is 25.5 Å². The summed E-state index contributed by atoms with van der Waals surface area (Å²) >= 11 is 0. The van der Waals surface area contributed by atoms with Gasteiger partial charge < -0.3 is 5.11 Å². The molecule has 1 N–H and O–H groups in total. The van der Waals surface area contributed by atoms with Gasteiger partial charge in [0.15, 0.2) is 11.6 Å². The molecule has 106 valence electrons. The van der Waals surface area contributed by atoms with Gasteiger partial charge in [0.05, 0.1) is 5.60 Å². The number of aryl methyl sites for hydroxylation is 2. The maximum absolute atomic E-state index is 13.9. The minimum atomic E-state index is -1.46. The molecule has 0 heterocycles. The van der Waals surface area contributed by atoms with Crippen LogP contribution in [0.15, 0.2) is 36.4 Å². The first-order chi connectivity index (χ1) is 9.33. The summed E-state index contributed by atoms with van der Waals surface area (Å²) in [5.41, 5.74) is 1.55. The molecular weight excluding hydrogens is 258 g/mol. The second-order valence-corrected chi connectivity index (χ2v) is 5.42. The average molecular weight is 276 g/mol. The molecule has 20 heavy (non-hydrogen) atoms. The van der Waals surface area contributed by atoms with Crippen LogP contribution in [-0.2, 0) is 12.0 Å². The monoisotopic (exact) mass is 276 g/mol. The summed E-state index contributed by atoms with van der Waals surface area (Å²) in [5.74, 6) is -1.92. The molecule has 3 heteroatoms. The standard InChI is InChI=1S/C17H18F2O/c1-11-6-4-7-12(2)13(11)10-17(3,20)14-8-5-9-15(18)16(14)19/h4-9,20H,10H2,1-3H3. The van der Waals surface area contributed by atoms with Crippen molar-refractivity contribution < 1.29 is 13.9 Å². The van der Waals surface area contributed by atoms with Crippen molar-refractivity contribution >= 4 is 0 Å². The third-order valence-electron chi connectivity index (χ3n) is 3.70. The molecule has 0 saturated carbocycles. The van der Waals surface area contributed by atoms with Gasteiger partial charge in [0.1, 0.15) is 0 Å². The van der Waals surface area contributed by atoms with Gasteiger partial charge in [-0.05, 0) is 43.5 Å². The second kappa shape index (κ2) is 5.33. The van der Waals surface area contributed by atoms with Crippen LogP contribution in [0.1, 0.15) is 29.2 Å². The van der Waals surface area contributed by atoms with Gasteiger partial charge in [-0.25, -0.2) is 8.78 Å². The molecule has 0 aliphatic carbocycles. The largest absolute Gasteiger partial charge is 0.385 e. The van der Waals surface area contributed by atoms with Gasteiger partial charge in [-0.2, -0.15) is 0 Å². The van der Waals surface area contributed by atoms with Gasteiger partial charge in [0.2, 0.25) is 0 Å². The molecule has 2 rings (SSSR count).